The molecule has 0 saturated carbocycles. The molecule has 0 amide bonds. The molecular formula is C11H26N2OS. The van der Waals surface area contributed by atoms with Gasteiger partial charge in [0, 0.05) is 41.9 Å². The molecule has 15 heavy (non-hydrogen) atoms. The predicted octanol–water partition coefficient (Wildman–Crippen LogP) is 1.07. The summed E-state index contributed by atoms with van der Waals surface area (Å²) in [6.07, 6.45) is 2.77. The van der Waals surface area contributed by atoms with Gasteiger partial charge in [-0.05, 0) is 26.4 Å². The molecule has 2 atom stereocenters. The SMILES string of the molecule is CCN(CC)CCNC(C)CCS(C)=O. The van der Waals surface area contributed by atoms with Crippen LogP contribution in [0, 0.1) is 0 Å². The number of nitrogens with zero attached hydrogens (tertiary/aromatic N) is 1. The van der Waals surface area contributed by atoms with Gasteiger partial charge in [0.1, 0.15) is 0 Å². The van der Waals surface area contributed by atoms with E-state index in [2.05, 4.69) is 31.0 Å². The number of rotatable bonds is 9. The van der Waals surface area contributed by atoms with Crippen LogP contribution < -0.4 is 5.32 Å². The van der Waals surface area contributed by atoms with Gasteiger partial charge in [-0.15, -0.1) is 0 Å². The lowest BCUT2D eigenvalue weighted by Gasteiger charge is -2.20. The van der Waals surface area contributed by atoms with E-state index in [-0.39, 0.29) is 0 Å². The molecule has 3 nitrogen and oxygen atoms in total. The summed E-state index contributed by atoms with van der Waals surface area (Å²) in [6.45, 7) is 10.9. The second-order valence-corrected chi connectivity index (χ2v) is 5.50. The summed E-state index contributed by atoms with van der Waals surface area (Å²) in [6, 6.07) is 0.476. The third-order valence-electron chi connectivity index (χ3n) is 2.65. The smallest absolute Gasteiger partial charge is 0.0246 e. The van der Waals surface area contributed by atoms with Crippen molar-refractivity contribution in [3.05, 3.63) is 0 Å². The monoisotopic (exact) mass is 234 g/mol. The highest BCUT2D eigenvalue weighted by molar-refractivity contribution is 7.84. The maximum atomic E-state index is 10.9. The van der Waals surface area contributed by atoms with Crippen molar-refractivity contribution in [2.45, 2.75) is 33.2 Å². The first-order valence-corrected chi connectivity index (χ1v) is 7.58. The van der Waals surface area contributed by atoms with Crippen molar-refractivity contribution < 1.29 is 4.21 Å². The first kappa shape index (κ1) is 15.1. The highest BCUT2D eigenvalue weighted by atomic mass is 32.2. The van der Waals surface area contributed by atoms with Crippen molar-refractivity contribution in [3.8, 4) is 0 Å². The van der Waals surface area contributed by atoms with Crippen molar-refractivity contribution >= 4 is 10.8 Å². The molecule has 4 heteroatoms. The predicted molar refractivity (Wildman–Crippen MR) is 68.8 cm³/mol. The summed E-state index contributed by atoms with van der Waals surface area (Å²) in [7, 11) is -0.654. The quantitative estimate of drug-likeness (QED) is 0.648. The van der Waals surface area contributed by atoms with Crippen molar-refractivity contribution in [1.82, 2.24) is 10.2 Å². The van der Waals surface area contributed by atoms with Crippen molar-refractivity contribution in [2.24, 2.45) is 0 Å². The van der Waals surface area contributed by atoms with E-state index >= 15 is 0 Å². The summed E-state index contributed by atoms with van der Waals surface area (Å²) in [5.41, 5.74) is 0. The van der Waals surface area contributed by atoms with E-state index in [0.717, 1.165) is 38.4 Å². The Kier molecular flexibility index (Phi) is 9.35. The minimum Gasteiger partial charge on any atom is -0.313 e. The average Bonchev–Trinajstić information content (AvgIpc) is 2.21. The number of nitrogens with one attached hydrogen (secondary N) is 1. The van der Waals surface area contributed by atoms with E-state index < -0.39 is 10.8 Å². The van der Waals surface area contributed by atoms with Crippen molar-refractivity contribution in [1.29, 1.82) is 0 Å². The third-order valence-corrected chi connectivity index (χ3v) is 3.46. The van der Waals surface area contributed by atoms with Gasteiger partial charge in [0.2, 0.25) is 0 Å². The lowest BCUT2D eigenvalue weighted by Crippen LogP contribution is -2.36. The average molecular weight is 234 g/mol. The standard InChI is InChI=1S/C11H26N2OS/c1-5-13(6-2)9-8-12-11(3)7-10-15(4)14/h11-12H,5-10H2,1-4H3. The van der Waals surface area contributed by atoms with Gasteiger partial charge in [0.05, 0.1) is 0 Å². The molecular weight excluding hydrogens is 208 g/mol. The van der Waals surface area contributed by atoms with E-state index in [1.165, 1.54) is 0 Å². The van der Waals surface area contributed by atoms with Crippen LogP contribution in [0.3, 0.4) is 0 Å². The molecule has 2 unspecified atom stereocenters. The van der Waals surface area contributed by atoms with Gasteiger partial charge >= 0.3 is 0 Å². The summed E-state index contributed by atoms with van der Waals surface area (Å²) >= 11 is 0. The Balaban J connectivity index is 3.45. The maximum Gasteiger partial charge on any atom is 0.0246 e. The molecule has 92 valence electrons. The second kappa shape index (κ2) is 9.31. The molecule has 0 heterocycles. The van der Waals surface area contributed by atoms with Crippen LogP contribution in [0.1, 0.15) is 27.2 Å². The van der Waals surface area contributed by atoms with Gasteiger partial charge in [-0.25, -0.2) is 0 Å². The Morgan fingerprint density at radius 2 is 1.93 bits per heavy atom. The molecule has 0 saturated heterocycles. The van der Waals surface area contributed by atoms with Crippen LogP contribution in [0.5, 0.6) is 0 Å². The zero-order chi connectivity index (χ0) is 11.7. The molecule has 0 aliphatic heterocycles. The van der Waals surface area contributed by atoms with Crippen molar-refractivity contribution in [3.63, 3.8) is 0 Å². The van der Waals surface area contributed by atoms with E-state index in [4.69, 9.17) is 0 Å². The van der Waals surface area contributed by atoms with Gasteiger partial charge in [-0.3, -0.25) is 4.21 Å². The van der Waals surface area contributed by atoms with Crippen LogP contribution in [-0.4, -0.2) is 53.3 Å². The van der Waals surface area contributed by atoms with Crippen LogP contribution in [0.4, 0.5) is 0 Å². The lowest BCUT2D eigenvalue weighted by atomic mass is 10.2. The highest BCUT2D eigenvalue weighted by Gasteiger charge is 2.03. The Morgan fingerprint density at radius 1 is 1.33 bits per heavy atom. The van der Waals surface area contributed by atoms with Crippen LogP contribution in [-0.2, 0) is 10.8 Å². The summed E-state index contributed by atoms with van der Waals surface area (Å²) in [4.78, 5) is 2.40. The summed E-state index contributed by atoms with van der Waals surface area (Å²) in [5, 5.41) is 3.46. The van der Waals surface area contributed by atoms with Crippen molar-refractivity contribution in [2.75, 3.05) is 38.2 Å². The molecule has 0 rings (SSSR count). The van der Waals surface area contributed by atoms with Gasteiger partial charge in [0.15, 0.2) is 0 Å². The number of hydrogen-bond acceptors (Lipinski definition) is 3. The van der Waals surface area contributed by atoms with Gasteiger partial charge in [-0.1, -0.05) is 13.8 Å². The molecule has 0 aromatic heterocycles. The molecule has 0 aliphatic rings. The number of hydrogen-bond donors (Lipinski definition) is 1. The van der Waals surface area contributed by atoms with Crippen LogP contribution in [0.15, 0.2) is 0 Å². The highest BCUT2D eigenvalue weighted by Crippen LogP contribution is 1.93. The molecule has 0 bridgehead atoms. The molecule has 0 aromatic rings. The lowest BCUT2D eigenvalue weighted by molar-refractivity contribution is 0.297. The van der Waals surface area contributed by atoms with Gasteiger partial charge in [-0.2, -0.15) is 0 Å². The first-order valence-electron chi connectivity index (χ1n) is 5.85. The Labute approximate surface area is 97.1 Å². The van der Waals surface area contributed by atoms with E-state index in [0.29, 0.717) is 6.04 Å². The Morgan fingerprint density at radius 3 is 2.40 bits per heavy atom. The third kappa shape index (κ3) is 9.03. The molecule has 1 N–H and O–H groups in total. The fraction of sp³-hybridized carbons (Fsp3) is 1.00. The molecule has 0 aromatic carbocycles. The fourth-order valence-corrected chi connectivity index (χ4v) is 2.14. The van der Waals surface area contributed by atoms with E-state index in [1.54, 1.807) is 6.26 Å². The zero-order valence-corrected chi connectivity index (χ0v) is 11.4. The zero-order valence-electron chi connectivity index (χ0n) is 10.6. The molecule has 0 fully saturated rings. The molecule has 0 radical (unpaired) electrons. The minimum atomic E-state index is -0.654. The number of likely N-dealkylation sites (N-methyl/N-ethyl adjacent to an activating group) is 1. The van der Waals surface area contributed by atoms with E-state index in [9.17, 15) is 4.21 Å². The normalized spacial score (nSPS) is 15.5. The van der Waals surface area contributed by atoms with Crippen LogP contribution in [0.25, 0.3) is 0 Å². The Bertz CT molecular complexity index is 172. The minimum absolute atomic E-state index is 0.476. The van der Waals surface area contributed by atoms with Crippen LogP contribution in [0.2, 0.25) is 0 Å². The first-order chi connectivity index (χ1) is 7.10. The molecule has 0 aliphatic carbocycles. The Hall–Kier alpha value is 0.0700. The van der Waals surface area contributed by atoms with Gasteiger partial charge < -0.3 is 10.2 Å². The largest absolute Gasteiger partial charge is 0.313 e. The molecule has 0 spiro atoms. The fourth-order valence-electron chi connectivity index (χ4n) is 1.45. The topological polar surface area (TPSA) is 32.3 Å². The summed E-state index contributed by atoms with van der Waals surface area (Å²) < 4.78 is 10.9. The second-order valence-electron chi connectivity index (χ2n) is 3.95. The van der Waals surface area contributed by atoms with E-state index in [1.807, 2.05) is 0 Å². The summed E-state index contributed by atoms with van der Waals surface area (Å²) in [5.74, 6) is 0.805. The maximum absolute atomic E-state index is 10.9. The van der Waals surface area contributed by atoms with Gasteiger partial charge in [0.25, 0.3) is 0 Å². The van der Waals surface area contributed by atoms with Crippen LogP contribution >= 0.6 is 0 Å².